The van der Waals surface area contributed by atoms with E-state index in [1.807, 2.05) is 6.92 Å². The molecule has 3 unspecified atom stereocenters. The molecule has 0 aliphatic rings. The summed E-state index contributed by atoms with van der Waals surface area (Å²) in [5.41, 5.74) is 10.9. The lowest BCUT2D eigenvalue weighted by Crippen LogP contribution is -2.51. The van der Waals surface area contributed by atoms with Crippen molar-refractivity contribution < 1.29 is 28.9 Å². The second-order valence-electron chi connectivity index (χ2n) is 5.71. The van der Waals surface area contributed by atoms with E-state index >= 15 is 0 Å². The van der Waals surface area contributed by atoms with E-state index in [1.165, 1.54) is 13.8 Å². The third-order valence-corrected chi connectivity index (χ3v) is 5.59. The van der Waals surface area contributed by atoms with Gasteiger partial charge in [-0.15, -0.1) is 0 Å². The lowest BCUT2D eigenvalue weighted by molar-refractivity contribution is -0.141. The Hall–Kier alpha value is -1.48. The molecule has 0 heterocycles. The number of nitrogens with two attached hydrogens (primary N) is 2. The van der Waals surface area contributed by atoms with E-state index in [1.54, 1.807) is 0 Å². The van der Waals surface area contributed by atoms with E-state index < -0.39 is 55.2 Å². The number of nitrogens with one attached hydrogen (secondary N) is 2. The summed E-state index contributed by atoms with van der Waals surface area (Å²) < 4.78 is 12.3. The fourth-order valence-corrected chi connectivity index (χ4v) is 3.18. The topological polar surface area (TPSA) is 185 Å². The normalized spacial score (nSPS) is 18.6. The smallest absolute Gasteiger partial charge is 0.326 e. The van der Waals surface area contributed by atoms with Gasteiger partial charge in [0.05, 0.1) is 18.2 Å². The molecule has 0 radical (unpaired) electrons. The molecular weight excluding hydrogens is 339 g/mol. The van der Waals surface area contributed by atoms with Crippen molar-refractivity contribution in [1.82, 2.24) is 10.6 Å². The molecule has 5 atom stereocenters. The third-order valence-electron chi connectivity index (χ3n) is 3.37. The SMILES string of the molecule is CCC[C@H](N)C(=O)NC(CP(=O)(O)C(C)NC(=O)[C@H](C)N)C(=O)O. The lowest BCUT2D eigenvalue weighted by Gasteiger charge is -2.25. The molecule has 0 aliphatic carbocycles. The second-order valence-corrected chi connectivity index (χ2v) is 8.36. The second kappa shape index (κ2) is 9.73. The maximum absolute atomic E-state index is 12.3. The molecule has 24 heavy (non-hydrogen) atoms. The van der Waals surface area contributed by atoms with Crippen molar-refractivity contribution in [2.45, 2.75) is 57.5 Å². The zero-order valence-corrected chi connectivity index (χ0v) is 15.0. The van der Waals surface area contributed by atoms with Crippen LogP contribution in [-0.4, -0.2) is 57.9 Å². The predicted octanol–water partition coefficient (Wildman–Crippen LogP) is -1.24. The van der Waals surface area contributed by atoms with Gasteiger partial charge in [-0.05, 0) is 20.3 Å². The number of rotatable bonds is 10. The maximum Gasteiger partial charge on any atom is 0.326 e. The van der Waals surface area contributed by atoms with Crippen molar-refractivity contribution in [2.75, 3.05) is 6.16 Å². The Morgan fingerprint density at radius 3 is 2.08 bits per heavy atom. The number of hydrogen-bond donors (Lipinski definition) is 6. The molecule has 0 spiro atoms. The van der Waals surface area contributed by atoms with Crippen LogP contribution in [0.25, 0.3) is 0 Å². The van der Waals surface area contributed by atoms with Crippen LogP contribution in [0.1, 0.15) is 33.6 Å². The standard InChI is InChI=1S/C13H27N4O6P/c1-4-5-9(15)12(19)17-10(13(20)21)6-24(22,23)8(3)16-11(18)7(2)14/h7-10H,4-6,14-15H2,1-3H3,(H,16,18)(H,17,19)(H,20,21)(H,22,23)/t7-,8?,9-,10?/m0/s1. The molecule has 0 bridgehead atoms. The van der Waals surface area contributed by atoms with Crippen molar-refractivity contribution in [3.63, 3.8) is 0 Å². The summed E-state index contributed by atoms with van der Waals surface area (Å²) >= 11 is 0. The van der Waals surface area contributed by atoms with Crippen LogP contribution in [0.3, 0.4) is 0 Å². The first kappa shape index (κ1) is 22.5. The summed E-state index contributed by atoms with van der Waals surface area (Å²) in [5.74, 6) is -4.03. The Kier molecular flexibility index (Phi) is 9.13. The van der Waals surface area contributed by atoms with Crippen LogP contribution in [0.2, 0.25) is 0 Å². The van der Waals surface area contributed by atoms with Gasteiger partial charge in [0.1, 0.15) is 11.8 Å². The average molecular weight is 366 g/mol. The highest BCUT2D eigenvalue weighted by Gasteiger charge is 2.36. The molecule has 8 N–H and O–H groups in total. The molecule has 0 aliphatic heterocycles. The summed E-state index contributed by atoms with van der Waals surface area (Å²) in [5, 5.41) is 13.6. The number of carbonyl (C=O) groups is 3. The molecule has 0 fully saturated rings. The van der Waals surface area contributed by atoms with Gasteiger partial charge in [-0.1, -0.05) is 13.3 Å². The number of carboxylic acids is 1. The molecular formula is C13H27N4O6P. The quantitative estimate of drug-likeness (QED) is 0.259. The zero-order chi connectivity index (χ0) is 19.1. The molecule has 10 nitrogen and oxygen atoms in total. The first-order valence-electron chi connectivity index (χ1n) is 7.58. The fraction of sp³-hybridized carbons (Fsp3) is 0.769. The van der Waals surface area contributed by atoms with Gasteiger partial charge in [-0.2, -0.15) is 0 Å². The Bertz CT molecular complexity index is 513. The van der Waals surface area contributed by atoms with Gasteiger partial charge < -0.3 is 32.1 Å². The molecule has 0 aromatic carbocycles. The first-order chi connectivity index (χ1) is 10.9. The lowest BCUT2D eigenvalue weighted by atomic mass is 10.1. The summed E-state index contributed by atoms with van der Waals surface area (Å²) in [6, 6.07) is -3.37. The van der Waals surface area contributed by atoms with Gasteiger partial charge >= 0.3 is 5.97 Å². The van der Waals surface area contributed by atoms with E-state index in [2.05, 4.69) is 10.6 Å². The van der Waals surface area contributed by atoms with Crippen LogP contribution < -0.4 is 22.1 Å². The minimum Gasteiger partial charge on any atom is -0.480 e. The molecule has 0 saturated carbocycles. The molecule has 0 saturated heterocycles. The highest BCUT2D eigenvalue weighted by molar-refractivity contribution is 7.58. The predicted molar refractivity (Wildman–Crippen MR) is 88.4 cm³/mol. The number of amides is 2. The van der Waals surface area contributed by atoms with Crippen molar-refractivity contribution in [2.24, 2.45) is 11.5 Å². The van der Waals surface area contributed by atoms with Gasteiger partial charge in [0.15, 0.2) is 0 Å². The van der Waals surface area contributed by atoms with E-state index in [4.69, 9.17) is 16.6 Å². The van der Waals surface area contributed by atoms with Crippen LogP contribution in [0, 0.1) is 0 Å². The number of aliphatic carboxylic acids is 1. The van der Waals surface area contributed by atoms with Crippen molar-refractivity contribution in [3.8, 4) is 0 Å². The summed E-state index contributed by atoms with van der Waals surface area (Å²) in [6.45, 7) is 4.48. The molecule has 0 aromatic rings. The van der Waals surface area contributed by atoms with Crippen LogP contribution in [0.4, 0.5) is 0 Å². The van der Waals surface area contributed by atoms with E-state index in [-0.39, 0.29) is 0 Å². The summed E-state index contributed by atoms with van der Waals surface area (Å²) in [4.78, 5) is 44.6. The van der Waals surface area contributed by atoms with E-state index in [0.717, 1.165) is 0 Å². The Labute approximate surface area is 140 Å². The van der Waals surface area contributed by atoms with Gasteiger partial charge in [0.25, 0.3) is 0 Å². The zero-order valence-electron chi connectivity index (χ0n) is 14.1. The fourth-order valence-electron chi connectivity index (χ4n) is 1.76. The highest BCUT2D eigenvalue weighted by atomic mass is 31.2. The average Bonchev–Trinajstić information content (AvgIpc) is 2.45. The van der Waals surface area contributed by atoms with Crippen LogP contribution in [-0.2, 0) is 18.9 Å². The Morgan fingerprint density at radius 1 is 1.12 bits per heavy atom. The van der Waals surface area contributed by atoms with E-state index in [0.29, 0.717) is 12.8 Å². The van der Waals surface area contributed by atoms with Gasteiger partial charge in [-0.25, -0.2) is 4.79 Å². The number of carbonyl (C=O) groups excluding carboxylic acids is 2. The monoisotopic (exact) mass is 366 g/mol. The number of hydrogen-bond acceptors (Lipinski definition) is 6. The van der Waals surface area contributed by atoms with Gasteiger partial charge in [0.2, 0.25) is 19.2 Å². The summed E-state index contributed by atoms with van der Waals surface area (Å²) in [6.07, 6.45) is 0.244. The first-order valence-corrected chi connectivity index (χ1v) is 9.50. The van der Waals surface area contributed by atoms with Crippen LogP contribution >= 0.6 is 7.37 Å². The maximum atomic E-state index is 12.3. The molecule has 0 rings (SSSR count). The van der Waals surface area contributed by atoms with E-state index in [9.17, 15) is 23.8 Å². The van der Waals surface area contributed by atoms with Crippen LogP contribution in [0.15, 0.2) is 0 Å². The Morgan fingerprint density at radius 2 is 1.67 bits per heavy atom. The van der Waals surface area contributed by atoms with Crippen molar-refractivity contribution >= 4 is 25.2 Å². The highest BCUT2D eigenvalue weighted by Crippen LogP contribution is 2.45. The number of carboxylic acid groups (broad SMARTS) is 1. The van der Waals surface area contributed by atoms with Crippen molar-refractivity contribution in [1.29, 1.82) is 0 Å². The molecule has 11 heteroatoms. The molecule has 2 amide bonds. The third kappa shape index (κ3) is 7.39. The van der Waals surface area contributed by atoms with Crippen LogP contribution in [0.5, 0.6) is 0 Å². The largest absolute Gasteiger partial charge is 0.480 e. The molecule has 140 valence electrons. The molecule has 0 aromatic heterocycles. The van der Waals surface area contributed by atoms with Gasteiger partial charge in [0, 0.05) is 0 Å². The van der Waals surface area contributed by atoms with Gasteiger partial charge in [-0.3, -0.25) is 14.2 Å². The minimum absolute atomic E-state index is 0.357. The Balaban J connectivity index is 4.97. The van der Waals surface area contributed by atoms with Crippen molar-refractivity contribution in [3.05, 3.63) is 0 Å². The minimum atomic E-state index is -4.11. The summed E-state index contributed by atoms with van der Waals surface area (Å²) in [7, 11) is -4.11.